The average Bonchev–Trinajstić information content (AvgIpc) is 3.33. The Morgan fingerprint density at radius 2 is 1.77 bits per heavy atom. The van der Waals surface area contributed by atoms with E-state index in [1.807, 2.05) is 12.1 Å². The van der Waals surface area contributed by atoms with Gasteiger partial charge in [-0.3, -0.25) is 29.4 Å². The highest BCUT2D eigenvalue weighted by Crippen LogP contribution is 2.45. The second-order valence-corrected chi connectivity index (χ2v) is 14.1. The smallest absolute Gasteiger partial charge is 0.256 e. The van der Waals surface area contributed by atoms with Crippen LogP contribution in [0.5, 0.6) is 0 Å². The van der Waals surface area contributed by atoms with Gasteiger partial charge in [0.1, 0.15) is 11.9 Å². The lowest BCUT2D eigenvalue weighted by molar-refractivity contribution is -0.136. The van der Waals surface area contributed by atoms with Crippen LogP contribution in [0.3, 0.4) is 0 Å². The molecule has 0 saturated carbocycles. The Bertz CT molecular complexity index is 1610. The third-order valence-electron chi connectivity index (χ3n) is 10.3. The Morgan fingerprint density at radius 1 is 1.05 bits per heavy atom. The Labute approximate surface area is 261 Å². The fraction of sp³-hybridized carbons (Fsp3) is 0.471. The van der Waals surface area contributed by atoms with Gasteiger partial charge < -0.3 is 9.80 Å². The third kappa shape index (κ3) is 5.04. The summed E-state index contributed by atoms with van der Waals surface area (Å²) < 4.78 is 15.8. The number of rotatable bonds is 5. The highest BCUT2D eigenvalue weighted by molar-refractivity contribution is 6.30. The van der Waals surface area contributed by atoms with Crippen LogP contribution in [0.15, 0.2) is 42.0 Å². The Balaban J connectivity index is 1.05. The minimum absolute atomic E-state index is 0.0447. The van der Waals surface area contributed by atoms with E-state index in [1.165, 1.54) is 33.7 Å². The van der Waals surface area contributed by atoms with Gasteiger partial charge in [0.2, 0.25) is 11.8 Å². The van der Waals surface area contributed by atoms with Gasteiger partial charge in [0.15, 0.2) is 0 Å². The summed E-state index contributed by atoms with van der Waals surface area (Å²) in [6, 6.07) is 10.6. The first-order valence-corrected chi connectivity index (χ1v) is 15.8. The molecular formula is C34H36ClFN4O4. The number of piperazine rings is 1. The van der Waals surface area contributed by atoms with Crippen LogP contribution in [0.2, 0.25) is 5.02 Å². The summed E-state index contributed by atoms with van der Waals surface area (Å²) in [5.41, 5.74) is 4.56. The zero-order valence-corrected chi connectivity index (χ0v) is 25.8. The number of hydrogen-bond donors (Lipinski definition) is 1. The van der Waals surface area contributed by atoms with E-state index in [9.17, 15) is 19.2 Å². The average molecular weight is 619 g/mol. The summed E-state index contributed by atoms with van der Waals surface area (Å²) in [4.78, 5) is 56.2. The molecule has 1 N–H and O–H groups in total. The molecule has 0 radical (unpaired) electrons. The van der Waals surface area contributed by atoms with E-state index in [4.69, 9.17) is 11.6 Å². The number of amides is 4. The number of carbonyl (C=O) groups is 4. The van der Waals surface area contributed by atoms with E-state index in [0.717, 1.165) is 37.3 Å². The third-order valence-corrected chi connectivity index (χ3v) is 10.5. The lowest BCUT2D eigenvalue weighted by atomic mass is 9.72. The molecule has 230 valence electrons. The molecule has 2 aromatic rings. The highest BCUT2D eigenvalue weighted by atomic mass is 35.5. The number of allylic oxidation sites excluding steroid dienone is 1. The van der Waals surface area contributed by atoms with Gasteiger partial charge in [-0.1, -0.05) is 43.2 Å². The molecule has 6 aliphatic rings. The quantitative estimate of drug-likeness (QED) is 0.486. The van der Waals surface area contributed by atoms with Crippen molar-refractivity contribution < 1.29 is 23.6 Å². The molecule has 4 saturated heterocycles. The molecule has 2 bridgehead atoms. The van der Waals surface area contributed by atoms with Crippen molar-refractivity contribution in [2.24, 2.45) is 5.41 Å². The summed E-state index contributed by atoms with van der Waals surface area (Å²) in [6.45, 7) is 6.47. The van der Waals surface area contributed by atoms with Gasteiger partial charge in [0.25, 0.3) is 11.8 Å². The molecule has 5 aliphatic heterocycles. The van der Waals surface area contributed by atoms with Crippen molar-refractivity contribution in [1.82, 2.24) is 20.0 Å². The van der Waals surface area contributed by atoms with Crippen molar-refractivity contribution in [3.8, 4) is 0 Å². The van der Waals surface area contributed by atoms with Gasteiger partial charge in [-0.25, -0.2) is 4.39 Å². The SMILES string of the molecule is CC1(C)CCC(CN2C3CC2CN(C(=O)c2ccc4c(c2F)CN(C2CCC(=O)NC2=O)C4=O)C3)=C(c2ccc(Cl)cc2)C1. The monoisotopic (exact) mass is 618 g/mol. The molecule has 8 rings (SSSR count). The number of benzene rings is 2. The van der Waals surface area contributed by atoms with E-state index >= 15 is 4.39 Å². The van der Waals surface area contributed by atoms with Crippen LogP contribution in [0.25, 0.3) is 5.57 Å². The number of halogens is 2. The maximum atomic E-state index is 15.8. The van der Waals surface area contributed by atoms with Crippen molar-refractivity contribution in [3.63, 3.8) is 0 Å². The van der Waals surface area contributed by atoms with E-state index in [1.54, 1.807) is 4.90 Å². The zero-order chi connectivity index (χ0) is 30.9. The van der Waals surface area contributed by atoms with Crippen molar-refractivity contribution >= 4 is 40.8 Å². The van der Waals surface area contributed by atoms with Crippen LogP contribution in [-0.2, 0) is 16.1 Å². The standard InChI is InChI=1S/C34H36ClFN4O4/c1-34(2)12-11-20(26(14-34)19-3-5-21(35)6-4-19)15-39-22-13-23(39)17-38(16-22)32(43)25-8-7-24-27(30(25)36)18-40(33(24)44)28-9-10-29(41)37-31(28)42/h3-8,22-23,28H,9-18H2,1-2H3,(H,37,41,42). The van der Waals surface area contributed by atoms with Crippen molar-refractivity contribution in [3.05, 3.63) is 75.1 Å². The lowest BCUT2D eigenvalue weighted by Gasteiger charge is -2.57. The maximum Gasteiger partial charge on any atom is 0.256 e. The van der Waals surface area contributed by atoms with Crippen LogP contribution >= 0.6 is 11.6 Å². The fourth-order valence-electron chi connectivity index (χ4n) is 7.74. The molecule has 1 aliphatic carbocycles. The molecule has 3 atom stereocenters. The van der Waals surface area contributed by atoms with Crippen molar-refractivity contribution in [1.29, 1.82) is 0 Å². The minimum atomic E-state index is -0.836. The molecule has 3 unspecified atom stereocenters. The predicted octanol–water partition coefficient (Wildman–Crippen LogP) is 4.80. The van der Waals surface area contributed by atoms with E-state index in [0.29, 0.717) is 13.1 Å². The Hall–Kier alpha value is -3.56. The first-order valence-electron chi connectivity index (χ1n) is 15.5. The Morgan fingerprint density at radius 3 is 2.48 bits per heavy atom. The van der Waals surface area contributed by atoms with Gasteiger partial charge >= 0.3 is 0 Å². The van der Waals surface area contributed by atoms with E-state index in [2.05, 4.69) is 36.2 Å². The van der Waals surface area contributed by atoms with Gasteiger partial charge in [0, 0.05) is 54.3 Å². The predicted molar refractivity (Wildman–Crippen MR) is 163 cm³/mol. The van der Waals surface area contributed by atoms with Gasteiger partial charge in [0.05, 0.1) is 12.1 Å². The molecule has 10 heteroatoms. The molecular weight excluding hydrogens is 583 g/mol. The largest absolute Gasteiger partial charge is 0.335 e. The van der Waals surface area contributed by atoms with Crippen molar-refractivity contribution in [2.45, 2.75) is 77.0 Å². The zero-order valence-electron chi connectivity index (χ0n) is 25.0. The number of hydrogen-bond acceptors (Lipinski definition) is 5. The number of imide groups is 1. The van der Waals surface area contributed by atoms with Gasteiger partial charge in [-0.15, -0.1) is 0 Å². The minimum Gasteiger partial charge on any atom is -0.335 e. The van der Waals surface area contributed by atoms with Crippen molar-refractivity contribution in [2.75, 3.05) is 19.6 Å². The van der Waals surface area contributed by atoms with E-state index < -0.39 is 23.7 Å². The normalized spacial score (nSPS) is 26.5. The van der Waals surface area contributed by atoms with Gasteiger partial charge in [-0.05, 0) is 72.9 Å². The molecule has 4 amide bonds. The number of carbonyl (C=O) groups excluding carboxylic acids is 4. The Kier molecular flexibility index (Phi) is 7.16. The number of piperidine rings is 2. The van der Waals surface area contributed by atoms with Crippen LogP contribution in [0, 0.1) is 11.2 Å². The van der Waals surface area contributed by atoms with Crippen LogP contribution in [0.1, 0.15) is 84.2 Å². The van der Waals surface area contributed by atoms with Crippen LogP contribution in [0.4, 0.5) is 4.39 Å². The summed E-state index contributed by atoms with van der Waals surface area (Å²) in [6.07, 6.45) is 4.52. The number of nitrogens with one attached hydrogen (secondary N) is 1. The molecule has 2 aromatic carbocycles. The second-order valence-electron chi connectivity index (χ2n) is 13.7. The molecule has 5 heterocycles. The molecule has 0 spiro atoms. The van der Waals surface area contributed by atoms with Crippen LogP contribution < -0.4 is 5.32 Å². The second kappa shape index (κ2) is 10.8. The maximum absolute atomic E-state index is 15.8. The lowest BCUT2D eigenvalue weighted by Crippen LogP contribution is -2.69. The molecule has 0 aromatic heterocycles. The fourth-order valence-corrected chi connectivity index (χ4v) is 7.86. The number of fused-ring (bicyclic) bond motifs is 3. The summed E-state index contributed by atoms with van der Waals surface area (Å²) in [5, 5.41) is 2.98. The number of nitrogens with zero attached hydrogens (tertiary/aromatic N) is 3. The summed E-state index contributed by atoms with van der Waals surface area (Å²) in [5.74, 6) is -2.46. The topological polar surface area (TPSA) is 90.0 Å². The summed E-state index contributed by atoms with van der Waals surface area (Å²) >= 11 is 6.18. The first kappa shape index (κ1) is 29.2. The first-order chi connectivity index (χ1) is 21.0. The molecule has 4 fully saturated rings. The summed E-state index contributed by atoms with van der Waals surface area (Å²) in [7, 11) is 0. The van der Waals surface area contributed by atoms with E-state index in [-0.39, 0.29) is 65.4 Å². The molecule has 44 heavy (non-hydrogen) atoms. The molecule has 8 nitrogen and oxygen atoms in total. The van der Waals surface area contributed by atoms with Gasteiger partial charge in [-0.2, -0.15) is 0 Å². The van der Waals surface area contributed by atoms with Crippen LogP contribution in [-0.4, -0.2) is 76.1 Å². The highest BCUT2D eigenvalue weighted by Gasteiger charge is 2.47.